The van der Waals surface area contributed by atoms with Gasteiger partial charge in [-0.3, -0.25) is 4.79 Å². The quantitative estimate of drug-likeness (QED) is 0.746. The van der Waals surface area contributed by atoms with E-state index >= 15 is 0 Å². The van der Waals surface area contributed by atoms with Crippen molar-refractivity contribution >= 4 is 5.91 Å². The number of amides is 1. The molecule has 130 valence electrons. The highest BCUT2D eigenvalue weighted by molar-refractivity contribution is 5.78. The summed E-state index contributed by atoms with van der Waals surface area (Å²) in [5.74, 6) is 1.90. The van der Waals surface area contributed by atoms with Crippen LogP contribution in [0.5, 0.6) is 0 Å². The molecule has 1 amide bonds. The first-order valence-electron chi connectivity index (χ1n) is 8.24. The summed E-state index contributed by atoms with van der Waals surface area (Å²) < 4.78 is 10.7. The van der Waals surface area contributed by atoms with Gasteiger partial charge in [0, 0.05) is 24.6 Å². The van der Waals surface area contributed by atoms with Crippen LogP contribution in [0.25, 0.3) is 11.5 Å². The zero-order chi connectivity index (χ0) is 17.8. The molecule has 6 nitrogen and oxygen atoms in total. The Morgan fingerprint density at radius 1 is 1.20 bits per heavy atom. The van der Waals surface area contributed by atoms with Crippen molar-refractivity contribution < 1.29 is 13.7 Å². The third-order valence-corrected chi connectivity index (χ3v) is 3.98. The van der Waals surface area contributed by atoms with Gasteiger partial charge in [0.25, 0.3) is 0 Å². The molecule has 3 aromatic rings. The van der Waals surface area contributed by atoms with E-state index in [4.69, 9.17) is 8.94 Å². The molecule has 25 heavy (non-hydrogen) atoms. The Hall–Kier alpha value is -2.89. The Morgan fingerprint density at radius 3 is 2.72 bits per heavy atom. The van der Waals surface area contributed by atoms with Crippen molar-refractivity contribution in [3.8, 4) is 11.5 Å². The second-order valence-electron chi connectivity index (χ2n) is 6.04. The van der Waals surface area contributed by atoms with E-state index in [0.717, 1.165) is 22.6 Å². The van der Waals surface area contributed by atoms with Crippen molar-refractivity contribution in [2.75, 3.05) is 6.54 Å². The minimum atomic E-state index is -0.0899. The average molecular weight is 339 g/mol. The number of nitrogens with one attached hydrogen (secondary N) is 1. The molecule has 0 fully saturated rings. The van der Waals surface area contributed by atoms with Crippen LogP contribution in [0.4, 0.5) is 0 Å². The van der Waals surface area contributed by atoms with Gasteiger partial charge in [0.1, 0.15) is 11.5 Å². The fourth-order valence-electron chi connectivity index (χ4n) is 2.60. The van der Waals surface area contributed by atoms with Crippen LogP contribution in [0.1, 0.15) is 28.5 Å². The molecular weight excluding hydrogens is 318 g/mol. The fourth-order valence-corrected chi connectivity index (χ4v) is 2.60. The van der Waals surface area contributed by atoms with Crippen LogP contribution < -0.4 is 5.32 Å². The lowest BCUT2D eigenvalue weighted by Crippen LogP contribution is -2.27. The summed E-state index contributed by atoms with van der Waals surface area (Å²) in [7, 11) is 0. The van der Waals surface area contributed by atoms with Gasteiger partial charge < -0.3 is 14.3 Å². The van der Waals surface area contributed by atoms with Crippen molar-refractivity contribution in [3.05, 3.63) is 58.8 Å². The Bertz CT molecular complexity index is 880. The molecule has 0 aliphatic carbocycles. The van der Waals surface area contributed by atoms with Crippen molar-refractivity contribution in [2.45, 2.75) is 33.6 Å². The van der Waals surface area contributed by atoms with E-state index in [2.05, 4.69) is 15.5 Å². The van der Waals surface area contributed by atoms with Gasteiger partial charge in [-0.2, -0.15) is 0 Å². The number of nitrogens with zero attached hydrogens (tertiary/aromatic N) is 2. The third kappa shape index (κ3) is 4.15. The second-order valence-corrected chi connectivity index (χ2v) is 6.04. The van der Waals surface area contributed by atoms with Crippen LogP contribution in [0.15, 0.2) is 39.3 Å². The number of rotatable bonds is 6. The summed E-state index contributed by atoms with van der Waals surface area (Å²) >= 11 is 0. The predicted octanol–water partition coefficient (Wildman–Crippen LogP) is 3.16. The average Bonchev–Trinajstić information content (AvgIpc) is 3.14. The second kappa shape index (κ2) is 7.34. The van der Waals surface area contributed by atoms with Gasteiger partial charge in [-0.15, -0.1) is 0 Å². The molecule has 0 radical (unpaired) electrons. The Balaban J connectivity index is 1.59. The van der Waals surface area contributed by atoms with Gasteiger partial charge in [-0.1, -0.05) is 23.4 Å². The van der Waals surface area contributed by atoms with E-state index in [9.17, 15) is 4.79 Å². The van der Waals surface area contributed by atoms with Crippen LogP contribution in [0.2, 0.25) is 0 Å². The van der Waals surface area contributed by atoms with Gasteiger partial charge in [0.2, 0.25) is 11.8 Å². The first-order chi connectivity index (χ1) is 12.0. The largest absolute Gasteiger partial charge is 0.441 e. The van der Waals surface area contributed by atoms with Gasteiger partial charge in [-0.05, 0) is 32.4 Å². The third-order valence-electron chi connectivity index (χ3n) is 3.98. The van der Waals surface area contributed by atoms with E-state index in [0.29, 0.717) is 30.3 Å². The van der Waals surface area contributed by atoms with E-state index in [1.165, 1.54) is 0 Å². The highest BCUT2D eigenvalue weighted by atomic mass is 16.5. The van der Waals surface area contributed by atoms with E-state index in [1.807, 2.05) is 51.1 Å². The maximum absolute atomic E-state index is 12.1. The Morgan fingerprint density at radius 2 is 2.00 bits per heavy atom. The van der Waals surface area contributed by atoms with Crippen LogP contribution in [0, 0.1) is 20.8 Å². The molecular formula is C19H21N3O3. The number of aryl methyl sites for hydroxylation is 3. The van der Waals surface area contributed by atoms with Crippen LogP contribution in [-0.2, 0) is 17.6 Å². The molecule has 0 saturated heterocycles. The summed E-state index contributed by atoms with van der Waals surface area (Å²) in [5.41, 5.74) is 3.52. The van der Waals surface area contributed by atoms with Crippen molar-refractivity contribution in [3.63, 3.8) is 0 Å². The number of aromatic nitrogens is 2. The number of carbonyl (C=O) groups is 1. The minimum absolute atomic E-state index is 0.0899. The maximum Gasteiger partial charge on any atom is 0.226 e. The highest BCUT2D eigenvalue weighted by Gasteiger charge is 2.15. The van der Waals surface area contributed by atoms with Crippen LogP contribution in [0.3, 0.4) is 0 Å². The lowest BCUT2D eigenvalue weighted by atomic mass is 10.1. The minimum Gasteiger partial charge on any atom is -0.441 e. The van der Waals surface area contributed by atoms with Crippen molar-refractivity contribution in [1.29, 1.82) is 0 Å². The van der Waals surface area contributed by atoms with Crippen LogP contribution >= 0.6 is 0 Å². The molecule has 0 aliphatic rings. The molecule has 1 N–H and O–H groups in total. The number of carbonyl (C=O) groups excluding carboxylic acids is 1. The summed E-state index contributed by atoms with van der Waals surface area (Å²) in [6.45, 7) is 6.18. The summed E-state index contributed by atoms with van der Waals surface area (Å²) in [6.07, 6.45) is 0.828. The molecule has 2 aromatic heterocycles. The maximum atomic E-state index is 12.1. The number of oxazole rings is 1. The van der Waals surface area contributed by atoms with E-state index < -0.39 is 0 Å². The highest BCUT2D eigenvalue weighted by Crippen LogP contribution is 2.24. The summed E-state index contributed by atoms with van der Waals surface area (Å²) in [6, 6.07) is 9.75. The number of benzene rings is 1. The SMILES string of the molecule is Cc1cc(CCNC(=O)Cc2nc(-c3ccccc3C)oc2C)no1. The molecule has 2 heterocycles. The smallest absolute Gasteiger partial charge is 0.226 e. The first kappa shape index (κ1) is 17.0. The molecule has 3 rings (SSSR count). The molecule has 0 atom stereocenters. The van der Waals surface area contributed by atoms with Crippen molar-refractivity contribution in [2.24, 2.45) is 0 Å². The predicted molar refractivity (Wildman–Crippen MR) is 93.1 cm³/mol. The van der Waals surface area contributed by atoms with Gasteiger partial charge >= 0.3 is 0 Å². The molecule has 0 bridgehead atoms. The number of hydrogen-bond donors (Lipinski definition) is 1. The summed E-state index contributed by atoms with van der Waals surface area (Å²) in [4.78, 5) is 16.6. The molecule has 0 aliphatic heterocycles. The van der Waals surface area contributed by atoms with E-state index in [-0.39, 0.29) is 12.3 Å². The monoisotopic (exact) mass is 339 g/mol. The summed E-state index contributed by atoms with van der Waals surface area (Å²) in [5, 5.41) is 6.78. The topological polar surface area (TPSA) is 81.2 Å². The van der Waals surface area contributed by atoms with Gasteiger partial charge in [0.05, 0.1) is 17.8 Å². The number of hydrogen-bond acceptors (Lipinski definition) is 5. The molecule has 6 heteroatoms. The lowest BCUT2D eigenvalue weighted by molar-refractivity contribution is -0.120. The Kier molecular flexibility index (Phi) is 4.97. The fraction of sp³-hybridized carbons (Fsp3) is 0.316. The van der Waals surface area contributed by atoms with Crippen LogP contribution in [-0.4, -0.2) is 22.6 Å². The standard InChI is InChI=1S/C19H21N3O3/c1-12-6-4-5-7-16(12)19-21-17(14(3)24-19)11-18(23)20-9-8-15-10-13(2)25-22-15/h4-7,10H,8-9,11H2,1-3H3,(H,20,23). The molecule has 0 unspecified atom stereocenters. The molecule has 0 spiro atoms. The molecule has 0 saturated carbocycles. The first-order valence-corrected chi connectivity index (χ1v) is 8.24. The molecule has 1 aromatic carbocycles. The zero-order valence-corrected chi connectivity index (χ0v) is 14.6. The van der Waals surface area contributed by atoms with Crippen molar-refractivity contribution in [1.82, 2.24) is 15.5 Å². The lowest BCUT2D eigenvalue weighted by Gasteiger charge is -2.02. The van der Waals surface area contributed by atoms with Gasteiger partial charge in [0.15, 0.2) is 0 Å². The normalized spacial score (nSPS) is 10.8. The van der Waals surface area contributed by atoms with Gasteiger partial charge in [-0.25, -0.2) is 4.98 Å². The van der Waals surface area contributed by atoms with E-state index in [1.54, 1.807) is 0 Å². The Labute approximate surface area is 146 Å². The zero-order valence-electron chi connectivity index (χ0n) is 14.6.